The lowest BCUT2D eigenvalue weighted by molar-refractivity contribution is 0.415. The normalized spacial score (nSPS) is 14.3. The summed E-state index contributed by atoms with van der Waals surface area (Å²) in [4.78, 5) is 0. The average Bonchev–Trinajstić information content (AvgIpc) is 3.32. The number of ether oxygens (including phenoxy) is 1. The molecule has 3 aromatic rings. The van der Waals surface area contributed by atoms with Crippen molar-refractivity contribution in [3.63, 3.8) is 0 Å². The molecule has 118 valence electrons. The third-order valence-electron chi connectivity index (χ3n) is 4.63. The molecule has 0 spiro atoms. The molecule has 0 unspecified atom stereocenters. The van der Waals surface area contributed by atoms with Gasteiger partial charge in [-0.15, -0.1) is 0 Å². The van der Waals surface area contributed by atoms with E-state index in [2.05, 4.69) is 63.0 Å². The second kappa shape index (κ2) is 6.04. The predicted octanol–water partition coefficient (Wildman–Crippen LogP) is 5.41. The van der Waals surface area contributed by atoms with E-state index in [-0.39, 0.29) is 0 Å². The summed E-state index contributed by atoms with van der Waals surface area (Å²) in [7, 11) is 1.73. The van der Waals surface area contributed by atoms with Crippen LogP contribution >= 0.6 is 15.9 Å². The van der Waals surface area contributed by atoms with Gasteiger partial charge < -0.3 is 9.30 Å². The quantitative estimate of drug-likeness (QED) is 0.586. The molecule has 1 saturated carbocycles. The third kappa shape index (κ3) is 3.16. The topological polar surface area (TPSA) is 14.2 Å². The maximum Gasteiger partial charge on any atom is 0.120 e. The van der Waals surface area contributed by atoms with Gasteiger partial charge in [0.15, 0.2) is 0 Å². The molecule has 1 aliphatic carbocycles. The number of aromatic nitrogens is 1. The van der Waals surface area contributed by atoms with Crippen molar-refractivity contribution >= 4 is 26.8 Å². The van der Waals surface area contributed by atoms with Crippen LogP contribution in [-0.2, 0) is 13.0 Å². The second-order valence-electron chi connectivity index (χ2n) is 6.42. The van der Waals surface area contributed by atoms with Crippen LogP contribution in [0.5, 0.6) is 5.75 Å². The molecule has 0 radical (unpaired) electrons. The largest absolute Gasteiger partial charge is 0.497 e. The van der Waals surface area contributed by atoms with Gasteiger partial charge in [-0.2, -0.15) is 0 Å². The SMILES string of the molecule is COc1ccc2cc(Cc3ccc(Br)cc3)n(CC3CC3)c2c1. The molecule has 1 aromatic heterocycles. The van der Waals surface area contributed by atoms with Crippen molar-refractivity contribution in [2.24, 2.45) is 5.92 Å². The lowest BCUT2D eigenvalue weighted by Gasteiger charge is -2.11. The lowest BCUT2D eigenvalue weighted by Crippen LogP contribution is -2.05. The van der Waals surface area contributed by atoms with Crippen molar-refractivity contribution in [1.82, 2.24) is 4.57 Å². The summed E-state index contributed by atoms with van der Waals surface area (Å²) >= 11 is 3.51. The van der Waals surface area contributed by atoms with Crippen LogP contribution in [0.4, 0.5) is 0 Å². The van der Waals surface area contributed by atoms with Gasteiger partial charge in [-0.05, 0) is 54.7 Å². The number of rotatable bonds is 5. The van der Waals surface area contributed by atoms with E-state index in [9.17, 15) is 0 Å². The van der Waals surface area contributed by atoms with E-state index in [1.165, 1.54) is 35.0 Å². The number of methoxy groups -OCH3 is 1. The number of hydrogen-bond donors (Lipinski definition) is 0. The van der Waals surface area contributed by atoms with Gasteiger partial charge in [-0.25, -0.2) is 0 Å². The summed E-state index contributed by atoms with van der Waals surface area (Å²) in [5.74, 6) is 1.78. The van der Waals surface area contributed by atoms with Crippen molar-refractivity contribution in [3.05, 3.63) is 64.3 Å². The first-order valence-electron chi connectivity index (χ1n) is 8.13. The molecule has 0 bridgehead atoms. The third-order valence-corrected chi connectivity index (χ3v) is 5.16. The van der Waals surface area contributed by atoms with Crippen LogP contribution in [0.3, 0.4) is 0 Å². The summed E-state index contributed by atoms with van der Waals surface area (Å²) in [5, 5.41) is 1.30. The Labute approximate surface area is 145 Å². The fourth-order valence-electron chi connectivity index (χ4n) is 3.15. The Kier molecular flexibility index (Phi) is 3.90. The lowest BCUT2D eigenvalue weighted by atomic mass is 10.1. The number of halogens is 1. The Balaban J connectivity index is 1.75. The van der Waals surface area contributed by atoms with Gasteiger partial charge >= 0.3 is 0 Å². The Morgan fingerprint density at radius 3 is 2.57 bits per heavy atom. The van der Waals surface area contributed by atoms with E-state index in [0.717, 1.165) is 29.1 Å². The molecular weight excluding hydrogens is 350 g/mol. The van der Waals surface area contributed by atoms with Gasteiger partial charge in [0, 0.05) is 34.6 Å². The highest BCUT2D eigenvalue weighted by molar-refractivity contribution is 9.10. The summed E-state index contributed by atoms with van der Waals surface area (Å²) < 4.78 is 9.05. The summed E-state index contributed by atoms with van der Waals surface area (Å²) in [6, 6.07) is 17.4. The molecule has 1 heterocycles. The van der Waals surface area contributed by atoms with Crippen molar-refractivity contribution in [2.75, 3.05) is 7.11 Å². The minimum atomic E-state index is 0.848. The van der Waals surface area contributed by atoms with Crippen LogP contribution in [0.2, 0.25) is 0 Å². The highest BCUT2D eigenvalue weighted by atomic mass is 79.9. The van der Waals surface area contributed by atoms with Gasteiger partial charge in [-0.3, -0.25) is 0 Å². The molecule has 1 aliphatic rings. The van der Waals surface area contributed by atoms with E-state index in [1.54, 1.807) is 7.11 Å². The van der Waals surface area contributed by atoms with E-state index in [1.807, 2.05) is 6.07 Å². The van der Waals surface area contributed by atoms with Gasteiger partial charge in [0.2, 0.25) is 0 Å². The van der Waals surface area contributed by atoms with Crippen LogP contribution in [0, 0.1) is 5.92 Å². The molecule has 2 nitrogen and oxygen atoms in total. The molecule has 1 fully saturated rings. The van der Waals surface area contributed by atoms with Crippen molar-refractivity contribution in [1.29, 1.82) is 0 Å². The smallest absolute Gasteiger partial charge is 0.120 e. The molecule has 0 N–H and O–H groups in total. The van der Waals surface area contributed by atoms with Crippen LogP contribution in [0.1, 0.15) is 24.1 Å². The molecule has 0 atom stereocenters. The standard InChI is InChI=1S/C20H20BrNO/c1-23-19-9-6-16-11-18(10-14-4-7-17(21)8-5-14)22(20(16)12-19)13-15-2-3-15/h4-9,11-12,15H,2-3,10,13H2,1H3. The van der Waals surface area contributed by atoms with Gasteiger partial charge in [0.1, 0.15) is 5.75 Å². The number of fused-ring (bicyclic) bond motifs is 1. The Hall–Kier alpha value is -1.74. The average molecular weight is 370 g/mol. The molecular formula is C20H20BrNO. The molecule has 3 heteroatoms. The zero-order valence-corrected chi connectivity index (χ0v) is 14.8. The Morgan fingerprint density at radius 2 is 1.87 bits per heavy atom. The van der Waals surface area contributed by atoms with Gasteiger partial charge in [0.05, 0.1) is 12.6 Å². The van der Waals surface area contributed by atoms with Gasteiger partial charge in [-0.1, -0.05) is 28.1 Å². The predicted molar refractivity (Wildman–Crippen MR) is 98.2 cm³/mol. The maximum atomic E-state index is 5.42. The fourth-order valence-corrected chi connectivity index (χ4v) is 3.41. The summed E-state index contributed by atoms with van der Waals surface area (Å²) in [6.45, 7) is 1.13. The Morgan fingerprint density at radius 1 is 1.09 bits per heavy atom. The molecule has 0 amide bonds. The van der Waals surface area contributed by atoms with Crippen LogP contribution < -0.4 is 4.74 Å². The zero-order chi connectivity index (χ0) is 15.8. The Bertz CT molecular complexity index is 831. The number of benzene rings is 2. The van der Waals surface area contributed by atoms with E-state index in [0.29, 0.717) is 0 Å². The van der Waals surface area contributed by atoms with Crippen molar-refractivity contribution in [2.45, 2.75) is 25.8 Å². The van der Waals surface area contributed by atoms with Crippen LogP contribution in [0.15, 0.2) is 53.0 Å². The number of hydrogen-bond acceptors (Lipinski definition) is 1. The highest BCUT2D eigenvalue weighted by Gasteiger charge is 2.23. The van der Waals surface area contributed by atoms with E-state index < -0.39 is 0 Å². The van der Waals surface area contributed by atoms with Gasteiger partial charge in [0.25, 0.3) is 0 Å². The van der Waals surface area contributed by atoms with Crippen LogP contribution in [-0.4, -0.2) is 11.7 Å². The molecule has 4 rings (SSSR count). The first kappa shape index (κ1) is 14.8. The molecule has 0 aliphatic heterocycles. The molecule has 0 saturated heterocycles. The monoisotopic (exact) mass is 369 g/mol. The fraction of sp³-hybridized carbons (Fsp3) is 0.300. The van der Waals surface area contributed by atoms with Crippen molar-refractivity contribution < 1.29 is 4.74 Å². The molecule has 2 aromatic carbocycles. The van der Waals surface area contributed by atoms with E-state index in [4.69, 9.17) is 4.74 Å². The van der Waals surface area contributed by atoms with Crippen molar-refractivity contribution in [3.8, 4) is 5.75 Å². The van der Waals surface area contributed by atoms with E-state index >= 15 is 0 Å². The first-order valence-corrected chi connectivity index (χ1v) is 8.93. The van der Waals surface area contributed by atoms with Crippen LogP contribution in [0.25, 0.3) is 10.9 Å². The zero-order valence-electron chi connectivity index (χ0n) is 13.3. The summed E-state index contributed by atoms with van der Waals surface area (Å²) in [6.07, 6.45) is 3.69. The minimum Gasteiger partial charge on any atom is -0.497 e. The highest BCUT2D eigenvalue weighted by Crippen LogP contribution is 2.34. The minimum absolute atomic E-state index is 0.848. The first-order chi connectivity index (χ1) is 11.2. The second-order valence-corrected chi connectivity index (χ2v) is 7.33. The number of nitrogens with zero attached hydrogens (tertiary/aromatic N) is 1. The summed E-state index contributed by atoms with van der Waals surface area (Å²) in [5.41, 5.74) is 4.03. The molecule has 23 heavy (non-hydrogen) atoms. The maximum absolute atomic E-state index is 5.42.